The van der Waals surface area contributed by atoms with E-state index in [1.54, 1.807) is 16.7 Å². The first-order valence-electron chi connectivity index (χ1n) is 7.11. The molecule has 2 aromatic rings. The summed E-state index contributed by atoms with van der Waals surface area (Å²) < 4.78 is 5.29. The second kappa shape index (κ2) is 7.39. The predicted molar refractivity (Wildman–Crippen MR) is 86.6 cm³/mol. The molecule has 2 heterocycles. The van der Waals surface area contributed by atoms with Gasteiger partial charge in [-0.2, -0.15) is 19.9 Å². The molecule has 8 nitrogen and oxygen atoms in total. The number of nitrogens with two attached hydrogens (primary N) is 1. The highest BCUT2D eigenvalue weighted by Gasteiger charge is 2.16. The maximum Gasteiger partial charge on any atom is 0.239 e. The topological polar surface area (TPSA) is 107 Å². The maximum atomic E-state index is 5.71. The monoisotopic (exact) mass is 323 g/mol. The molecule has 0 aliphatic heterocycles. The highest BCUT2D eigenvalue weighted by molar-refractivity contribution is 7.98. The van der Waals surface area contributed by atoms with Gasteiger partial charge in [0.2, 0.25) is 17.8 Å². The molecule has 0 fully saturated rings. The van der Waals surface area contributed by atoms with Gasteiger partial charge in [0.25, 0.3) is 0 Å². The third-order valence-electron chi connectivity index (χ3n) is 2.85. The van der Waals surface area contributed by atoms with Crippen molar-refractivity contribution in [3.63, 3.8) is 0 Å². The van der Waals surface area contributed by atoms with Crippen molar-refractivity contribution in [3.05, 3.63) is 17.5 Å². The van der Waals surface area contributed by atoms with Crippen LogP contribution in [0.3, 0.4) is 0 Å². The largest absolute Gasteiger partial charge is 0.368 e. The molecule has 0 aliphatic carbocycles. The van der Waals surface area contributed by atoms with Crippen molar-refractivity contribution in [2.45, 2.75) is 37.7 Å². The van der Waals surface area contributed by atoms with Crippen molar-refractivity contribution < 1.29 is 4.52 Å². The van der Waals surface area contributed by atoms with E-state index in [0.29, 0.717) is 23.4 Å². The number of nitrogen functional groups attached to an aromatic ring is 1. The Morgan fingerprint density at radius 3 is 2.64 bits per heavy atom. The van der Waals surface area contributed by atoms with Crippen LogP contribution < -0.4 is 10.6 Å². The average molecular weight is 323 g/mol. The number of rotatable bonds is 7. The third kappa shape index (κ3) is 4.30. The lowest BCUT2D eigenvalue weighted by Crippen LogP contribution is -2.16. The zero-order chi connectivity index (χ0) is 16.1. The van der Waals surface area contributed by atoms with E-state index in [1.807, 2.05) is 21.0 Å². The van der Waals surface area contributed by atoms with Crippen LogP contribution in [0.1, 0.15) is 43.1 Å². The Bertz CT molecular complexity index is 616. The van der Waals surface area contributed by atoms with E-state index in [1.165, 1.54) is 0 Å². The highest BCUT2D eigenvalue weighted by Crippen LogP contribution is 2.29. The van der Waals surface area contributed by atoms with Crippen LogP contribution in [0.2, 0.25) is 0 Å². The Kier molecular flexibility index (Phi) is 5.53. The Labute approximate surface area is 133 Å². The molecule has 0 saturated carbocycles. The van der Waals surface area contributed by atoms with Gasteiger partial charge in [0, 0.05) is 20.5 Å². The number of hydrogen-bond acceptors (Lipinski definition) is 9. The number of aromatic nitrogens is 5. The summed E-state index contributed by atoms with van der Waals surface area (Å²) in [5, 5.41) is 4.03. The minimum absolute atomic E-state index is 0.0684. The Morgan fingerprint density at radius 2 is 1.95 bits per heavy atom. The van der Waals surface area contributed by atoms with Gasteiger partial charge in [0.05, 0.1) is 11.0 Å². The summed E-state index contributed by atoms with van der Waals surface area (Å²) in [5.74, 6) is 3.40. The predicted octanol–water partition coefficient (Wildman–Crippen LogP) is 1.85. The maximum absolute atomic E-state index is 5.71. The lowest BCUT2D eigenvalue weighted by atomic mass is 10.3. The molecule has 9 heteroatoms. The van der Waals surface area contributed by atoms with Crippen LogP contribution in [-0.4, -0.2) is 39.2 Å². The minimum atomic E-state index is 0.0684. The van der Waals surface area contributed by atoms with Gasteiger partial charge in [-0.05, 0) is 13.3 Å². The van der Waals surface area contributed by atoms with Crippen molar-refractivity contribution in [2.75, 3.05) is 24.7 Å². The van der Waals surface area contributed by atoms with Crippen molar-refractivity contribution >= 4 is 23.7 Å². The Morgan fingerprint density at radius 1 is 1.18 bits per heavy atom. The summed E-state index contributed by atoms with van der Waals surface area (Å²) in [5.41, 5.74) is 5.71. The number of anilines is 2. The van der Waals surface area contributed by atoms with Crippen LogP contribution in [-0.2, 0) is 12.2 Å². The fourth-order valence-corrected chi connectivity index (χ4v) is 2.48. The molecule has 0 aromatic carbocycles. The number of hydrogen-bond donors (Lipinski definition) is 1. The average Bonchev–Trinajstić information content (AvgIpc) is 2.93. The summed E-state index contributed by atoms with van der Waals surface area (Å²) in [6.45, 7) is 4.10. The molecule has 0 bridgehead atoms. The SMILES string of the molecule is CCCc1noc([C@@H](C)SCc2nc(N)nc(N(C)C)n2)n1. The van der Waals surface area contributed by atoms with E-state index < -0.39 is 0 Å². The second-order valence-corrected chi connectivity index (χ2v) is 6.39. The molecule has 120 valence electrons. The van der Waals surface area contributed by atoms with E-state index in [4.69, 9.17) is 10.3 Å². The van der Waals surface area contributed by atoms with E-state index in [2.05, 4.69) is 32.0 Å². The molecule has 2 aromatic heterocycles. The van der Waals surface area contributed by atoms with Gasteiger partial charge in [0.1, 0.15) is 5.82 Å². The van der Waals surface area contributed by atoms with E-state index in [-0.39, 0.29) is 11.2 Å². The number of thioether (sulfide) groups is 1. The van der Waals surface area contributed by atoms with E-state index in [0.717, 1.165) is 18.7 Å². The van der Waals surface area contributed by atoms with Crippen LogP contribution in [0.15, 0.2) is 4.52 Å². The van der Waals surface area contributed by atoms with Crippen molar-refractivity contribution in [1.29, 1.82) is 0 Å². The zero-order valence-electron chi connectivity index (χ0n) is 13.3. The summed E-state index contributed by atoms with van der Waals surface area (Å²) >= 11 is 1.62. The quantitative estimate of drug-likeness (QED) is 0.816. The van der Waals surface area contributed by atoms with Crippen LogP contribution in [0.4, 0.5) is 11.9 Å². The first-order valence-corrected chi connectivity index (χ1v) is 8.16. The summed E-state index contributed by atoms with van der Waals surface area (Å²) in [7, 11) is 3.73. The molecule has 0 saturated heterocycles. The molecule has 0 spiro atoms. The van der Waals surface area contributed by atoms with Crippen molar-refractivity contribution in [1.82, 2.24) is 25.1 Å². The van der Waals surface area contributed by atoms with Gasteiger partial charge in [-0.15, -0.1) is 11.8 Å². The lowest BCUT2D eigenvalue weighted by molar-refractivity contribution is 0.374. The van der Waals surface area contributed by atoms with Crippen LogP contribution in [0, 0.1) is 0 Å². The van der Waals surface area contributed by atoms with Crippen molar-refractivity contribution in [3.8, 4) is 0 Å². The lowest BCUT2D eigenvalue weighted by Gasteiger charge is -2.11. The summed E-state index contributed by atoms with van der Waals surface area (Å²) in [4.78, 5) is 18.8. The van der Waals surface area contributed by atoms with Crippen LogP contribution in [0.5, 0.6) is 0 Å². The second-order valence-electron chi connectivity index (χ2n) is 5.06. The number of aryl methyl sites for hydroxylation is 1. The van der Waals surface area contributed by atoms with E-state index in [9.17, 15) is 0 Å². The van der Waals surface area contributed by atoms with Crippen molar-refractivity contribution in [2.24, 2.45) is 0 Å². The highest BCUT2D eigenvalue weighted by atomic mass is 32.2. The van der Waals surface area contributed by atoms with Gasteiger partial charge >= 0.3 is 0 Å². The van der Waals surface area contributed by atoms with Crippen LogP contribution in [0.25, 0.3) is 0 Å². The normalized spacial score (nSPS) is 12.4. The summed E-state index contributed by atoms with van der Waals surface area (Å²) in [6.07, 6.45) is 1.83. The third-order valence-corrected chi connectivity index (χ3v) is 3.98. The molecule has 2 rings (SSSR count). The standard InChI is InChI=1S/C13H21N7OS/c1-5-6-9-15-11(21-19-9)8(2)22-7-10-16-12(14)18-13(17-10)20(3)4/h8H,5-7H2,1-4H3,(H2,14,16,17,18)/t8-/m1/s1. The molecular formula is C13H21N7OS. The zero-order valence-corrected chi connectivity index (χ0v) is 14.1. The van der Waals surface area contributed by atoms with Gasteiger partial charge in [-0.3, -0.25) is 0 Å². The first kappa shape index (κ1) is 16.5. The van der Waals surface area contributed by atoms with E-state index >= 15 is 0 Å². The van der Waals surface area contributed by atoms with Crippen LogP contribution >= 0.6 is 11.8 Å². The van der Waals surface area contributed by atoms with Gasteiger partial charge in [-0.1, -0.05) is 12.1 Å². The molecule has 22 heavy (non-hydrogen) atoms. The fraction of sp³-hybridized carbons (Fsp3) is 0.615. The Balaban J connectivity index is 1.99. The molecule has 0 radical (unpaired) electrons. The summed E-state index contributed by atoms with van der Waals surface area (Å²) in [6, 6.07) is 0. The van der Waals surface area contributed by atoms with Gasteiger partial charge in [0.15, 0.2) is 5.82 Å². The Hall–Kier alpha value is -1.90. The molecule has 1 atom stereocenters. The molecule has 0 amide bonds. The number of nitrogens with zero attached hydrogens (tertiary/aromatic N) is 6. The van der Waals surface area contributed by atoms with Gasteiger partial charge in [-0.25, -0.2) is 0 Å². The minimum Gasteiger partial charge on any atom is -0.368 e. The molecule has 0 aliphatic rings. The molecule has 0 unspecified atom stereocenters. The smallest absolute Gasteiger partial charge is 0.239 e. The first-order chi connectivity index (χ1) is 10.5. The molecular weight excluding hydrogens is 302 g/mol. The fourth-order valence-electron chi connectivity index (χ4n) is 1.72. The molecule has 2 N–H and O–H groups in total. The van der Waals surface area contributed by atoms with Gasteiger partial charge < -0.3 is 15.2 Å².